The van der Waals surface area contributed by atoms with E-state index in [0.29, 0.717) is 19.3 Å². The summed E-state index contributed by atoms with van der Waals surface area (Å²) in [4.78, 5) is 24.8. The van der Waals surface area contributed by atoms with Crippen LogP contribution in [-0.2, 0) is 9.59 Å². The first-order valence-corrected chi connectivity index (χ1v) is 5.74. The summed E-state index contributed by atoms with van der Waals surface area (Å²) in [6.07, 6.45) is 1.38. The maximum atomic E-state index is 11.8. The molecule has 0 radical (unpaired) electrons. The van der Waals surface area contributed by atoms with E-state index >= 15 is 0 Å². The largest absolute Gasteiger partial charge is 0.394 e. The molecule has 1 aromatic carbocycles. The van der Waals surface area contributed by atoms with Crippen LogP contribution in [-0.4, -0.2) is 28.4 Å². The maximum absolute atomic E-state index is 11.8. The number of carbonyl (C=O) groups excluding carboxylic acids is 2. The van der Waals surface area contributed by atoms with Crippen LogP contribution in [0.15, 0.2) is 30.3 Å². The molecule has 0 aromatic heterocycles. The lowest BCUT2D eigenvalue weighted by Crippen LogP contribution is -2.43. The summed E-state index contributed by atoms with van der Waals surface area (Å²) >= 11 is 0. The lowest BCUT2D eigenvalue weighted by molar-refractivity contribution is -0.152. The topological polar surface area (TPSA) is 57.6 Å². The number of hydrogen-bond donors (Lipinski definition) is 1. The molecule has 1 atom stereocenters. The number of rotatable bonds is 3. The number of hydrogen-bond acceptors (Lipinski definition) is 3. The molecule has 0 bridgehead atoms. The summed E-state index contributed by atoms with van der Waals surface area (Å²) in [7, 11) is 0. The third-order valence-electron chi connectivity index (χ3n) is 2.99. The highest BCUT2D eigenvalue weighted by Crippen LogP contribution is 2.25. The minimum atomic E-state index is -0.545. The van der Waals surface area contributed by atoms with Crippen LogP contribution in [0.2, 0.25) is 0 Å². The summed E-state index contributed by atoms with van der Waals surface area (Å²) in [5, 5.41) is 9.42. The van der Waals surface area contributed by atoms with Crippen LogP contribution in [0, 0.1) is 0 Å². The minimum Gasteiger partial charge on any atom is -0.394 e. The van der Waals surface area contributed by atoms with E-state index in [1.165, 1.54) is 4.90 Å². The molecule has 1 aromatic rings. The van der Waals surface area contributed by atoms with Gasteiger partial charge in [-0.1, -0.05) is 30.3 Å². The number of piperidine rings is 1. The first-order chi connectivity index (χ1) is 8.24. The molecule has 1 aliphatic heterocycles. The molecular weight excluding hydrogens is 218 g/mol. The predicted molar refractivity (Wildman–Crippen MR) is 62.0 cm³/mol. The molecule has 2 amide bonds. The lowest BCUT2D eigenvalue weighted by atomic mass is 10.0. The van der Waals surface area contributed by atoms with E-state index in [9.17, 15) is 14.7 Å². The predicted octanol–water partition coefficient (Wildman–Crippen LogP) is 1.26. The average molecular weight is 233 g/mol. The van der Waals surface area contributed by atoms with Crippen LogP contribution in [0.3, 0.4) is 0 Å². The number of benzene rings is 1. The molecule has 4 heteroatoms. The number of aliphatic hydroxyl groups excluding tert-OH is 1. The number of carbonyl (C=O) groups is 2. The van der Waals surface area contributed by atoms with Gasteiger partial charge in [0.05, 0.1) is 12.6 Å². The quantitative estimate of drug-likeness (QED) is 0.799. The Labute approximate surface area is 99.9 Å². The summed E-state index contributed by atoms with van der Waals surface area (Å²) < 4.78 is 0. The van der Waals surface area contributed by atoms with Gasteiger partial charge in [0, 0.05) is 12.8 Å². The standard InChI is InChI=1S/C13H15NO3/c15-9-11(10-5-2-1-3-6-10)14-12(16)7-4-8-13(14)17/h1-3,5-6,11,15H,4,7-9H2. The van der Waals surface area contributed by atoms with Crippen LogP contribution in [0.25, 0.3) is 0 Å². The molecule has 0 spiro atoms. The van der Waals surface area contributed by atoms with Crippen LogP contribution >= 0.6 is 0 Å². The molecule has 1 aliphatic rings. The van der Waals surface area contributed by atoms with Crippen molar-refractivity contribution in [2.24, 2.45) is 0 Å². The van der Waals surface area contributed by atoms with Crippen molar-refractivity contribution in [2.45, 2.75) is 25.3 Å². The fourth-order valence-electron chi connectivity index (χ4n) is 2.13. The van der Waals surface area contributed by atoms with Gasteiger partial charge >= 0.3 is 0 Å². The average Bonchev–Trinajstić information content (AvgIpc) is 2.35. The molecule has 0 aliphatic carbocycles. The van der Waals surface area contributed by atoms with Crippen LogP contribution in [0.4, 0.5) is 0 Å². The van der Waals surface area contributed by atoms with E-state index in [4.69, 9.17) is 0 Å². The second kappa shape index (κ2) is 5.10. The van der Waals surface area contributed by atoms with E-state index in [1.807, 2.05) is 30.3 Å². The molecule has 1 N–H and O–H groups in total. The normalized spacial score (nSPS) is 18.3. The highest BCUT2D eigenvalue weighted by Gasteiger charge is 2.32. The monoisotopic (exact) mass is 233 g/mol. The van der Waals surface area contributed by atoms with Gasteiger partial charge in [0.15, 0.2) is 0 Å². The number of amides is 2. The summed E-state index contributed by atoms with van der Waals surface area (Å²) in [6.45, 7) is -0.235. The van der Waals surface area contributed by atoms with Crippen molar-refractivity contribution in [3.05, 3.63) is 35.9 Å². The van der Waals surface area contributed by atoms with Crippen LogP contribution in [0.5, 0.6) is 0 Å². The minimum absolute atomic E-state index is 0.191. The second-order valence-corrected chi connectivity index (χ2v) is 4.12. The van der Waals surface area contributed by atoms with Gasteiger partial charge < -0.3 is 5.11 Å². The zero-order valence-corrected chi connectivity index (χ0v) is 9.50. The summed E-state index contributed by atoms with van der Waals surface area (Å²) in [5.74, 6) is -0.381. The van der Waals surface area contributed by atoms with Gasteiger partial charge in [-0.25, -0.2) is 0 Å². The second-order valence-electron chi connectivity index (χ2n) is 4.12. The van der Waals surface area contributed by atoms with Crippen molar-refractivity contribution in [1.82, 2.24) is 4.90 Å². The number of nitrogens with zero attached hydrogens (tertiary/aromatic N) is 1. The van der Waals surface area contributed by atoms with E-state index in [2.05, 4.69) is 0 Å². The van der Waals surface area contributed by atoms with E-state index in [1.54, 1.807) is 0 Å². The van der Waals surface area contributed by atoms with Crippen molar-refractivity contribution in [2.75, 3.05) is 6.61 Å². The van der Waals surface area contributed by atoms with Gasteiger partial charge in [-0.15, -0.1) is 0 Å². The summed E-state index contributed by atoms with van der Waals surface area (Å²) in [6, 6.07) is 8.61. The number of aliphatic hydroxyl groups is 1. The Balaban J connectivity index is 2.29. The van der Waals surface area contributed by atoms with Gasteiger partial charge in [-0.3, -0.25) is 14.5 Å². The Hall–Kier alpha value is -1.68. The van der Waals surface area contributed by atoms with Crippen molar-refractivity contribution in [1.29, 1.82) is 0 Å². The Bertz CT molecular complexity index is 400. The zero-order valence-electron chi connectivity index (χ0n) is 9.50. The van der Waals surface area contributed by atoms with Gasteiger partial charge in [-0.05, 0) is 12.0 Å². The van der Waals surface area contributed by atoms with E-state index in [-0.39, 0.29) is 18.4 Å². The Morgan fingerprint density at radius 1 is 1.12 bits per heavy atom. The highest BCUT2D eigenvalue weighted by molar-refractivity contribution is 5.98. The molecule has 2 rings (SSSR count). The summed E-state index contributed by atoms with van der Waals surface area (Å²) in [5.41, 5.74) is 0.790. The van der Waals surface area contributed by atoms with Gasteiger partial charge in [-0.2, -0.15) is 0 Å². The smallest absolute Gasteiger partial charge is 0.229 e. The molecule has 1 heterocycles. The van der Waals surface area contributed by atoms with Crippen molar-refractivity contribution in [3.8, 4) is 0 Å². The molecule has 17 heavy (non-hydrogen) atoms. The third-order valence-corrected chi connectivity index (χ3v) is 2.99. The van der Waals surface area contributed by atoms with Gasteiger partial charge in [0.1, 0.15) is 0 Å². The maximum Gasteiger partial charge on any atom is 0.229 e. The Morgan fingerprint density at radius 3 is 2.24 bits per heavy atom. The van der Waals surface area contributed by atoms with Crippen LogP contribution < -0.4 is 0 Å². The fourth-order valence-corrected chi connectivity index (χ4v) is 2.13. The van der Waals surface area contributed by atoms with Crippen molar-refractivity contribution >= 4 is 11.8 Å². The van der Waals surface area contributed by atoms with E-state index < -0.39 is 6.04 Å². The first kappa shape index (κ1) is 11.8. The SMILES string of the molecule is O=C1CCCC(=O)N1C(CO)c1ccccc1. The third kappa shape index (κ3) is 2.36. The first-order valence-electron chi connectivity index (χ1n) is 5.74. The molecular formula is C13H15NO3. The van der Waals surface area contributed by atoms with Crippen LogP contribution in [0.1, 0.15) is 30.9 Å². The molecule has 1 fully saturated rings. The molecule has 1 saturated heterocycles. The molecule has 0 saturated carbocycles. The molecule has 4 nitrogen and oxygen atoms in total. The van der Waals surface area contributed by atoms with Crippen molar-refractivity contribution < 1.29 is 14.7 Å². The number of likely N-dealkylation sites (tertiary alicyclic amines) is 1. The molecule has 1 unspecified atom stereocenters. The number of imide groups is 1. The highest BCUT2D eigenvalue weighted by atomic mass is 16.3. The zero-order chi connectivity index (χ0) is 12.3. The Morgan fingerprint density at radius 2 is 1.71 bits per heavy atom. The Kier molecular flexibility index (Phi) is 3.54. The van der Waals surface area contributed by atoms with Gasteiger partial charge in [0.25, 0.3) is 0 Å². The van der Waals surface area contributed by atoms with Gasteiger partial charge in [0.2, 0.25) is 11.8 Å². The lowest BCUT2D eigenvalue weighted by Gasteiger charge is -2.32. The van der Waals surface area contributed by atoms with E-state index in [0.717, 1.165) is 5.56 Å². The fraction of sp³-hybridized carbons (Fsp3) is 0.385. The van der Waals surface area contributed by atoms with Crippen molar-refractivity contribution in [3.63, 3.8) is 0 Å². The molecule has 90 valence electrons.